The van der Waals surface area contributed by atoms with Crippen LogP contribution in [0.5, 0.6) is 0 Å². The summed E-state index contributed by atoms with van der Waals surface area (Å²) in [5.74, 6) is -0.323. The summed E-state index contributed by atoms with van der Waals surface area (Å²) in [6.45, 7) is 5.52. The number of aromatic nitrogens is 2. The largest absolute Gasteiger partial charge is 0.323 e. The number of aryl methyl sites for hydroxylation is 2. The van der Waals surface area contributed by atoms with E-state index in [0.29, 0.717) is 20.9 Å². The Kier molecular flexibility index (Phi) is 4.43. The molecule has 0 fully saturated rings. The average molecular weight is 362 g/mol. The molecular weight excluding hydrogens is 346 g/mol. The van der Waals surface area contributed by atoms with Gasteiger partial charge >= 0.3 is 0 Å². The second-order valence-corrected chi connectivity index (χ2v) is 7.18. The van der Waals surface area contributed by atoms with Crippen molar-refractivity contribution in [3.63, 3.8) is 0 Å². The molecule has 1 amide bonds. The predicted octanol–water partition coefficient (Wildman–Crippen LogP) is 3.93. The van der Waals surface area contributed by atoms with Crippen LogP contribution in [-0.2, 0) is 4.79 Å². The summed E-state index contributed by atoms with van der Waals surface area (Å²) in [6, 6.07) is 6.27. The fourth-order valence-electron chi connectivity index (χ4n) is 2.45. The van der Waals surface area contributed by atoms with Crippen molar-refractivity contribution in [1.82, 2.24) is 9.55 Å². The number of hydrogen-bond acceptors (Lipinski definition) is 4. The van der Waals surface area contributed by atoms with E-state index in [1.165, 1.54) is 22.2 Å². The molecule has 0 spiro atoms. The van der Waals surface area contributed by atoms with Crippen molar-refractivity contribution >= 4 is 44.7 Å². The maximum absolute atomic E-state index is 12.8. The lowest BCUT2D eigenvalue weighted by atomic mass is 10.2. The van der Waals surface area contributed by atoms with E-state index < -0.39 is 6.04 Å². The van der Waals surface area contributed by atoms with Gasteiger partial charge in [0.1, 0.15) is 10.9 Å². The first kappa shape index (κ1) is 16.7. The number of anilines is 1. The molecule has 0 saturated heterocycles. The first-order valence-corrected chi connectivity index (χ1v) is 8.62. The van der Waals surface area contributed by atoms with Crippen LogP contribution in [0.1, 0.15) is 23.4 Å². The number of nitrogens with zero attached hydrogens (tertiary/aromatic N) is 2. The normalized spacial score (nSPS) is 12.3. The molecule has 0 aliphatic rings. The van der Waals surface area contributed by atoms with Crippen molar-refractivity contribution in [2.45, 2.75) is 26.8 Å². The van der Waals surface area contributed by atoms with Crippen LogP contribution >= 0.6 is 22.9 Å². The lowest BCUT2D eigenvalue weighted by molar-refractivity contribution is -0.118. The first-order chi connectivity index (χ1) is 11.4. The third-order valence-electron chi connectivity index (χ3n) is 4.04. The summed E-state index contributed by atoms with van der Waals surface area (Å²) in [5, 5.41) is 3.78. The Balaban J connectivity index is 1.96. The molecule has 2 heterocycles. The van der Waals surface area contributed by atoms with Crippen LogP contribution < -0.4 is 10.9 Å². The van der Waals surface area contributed by atoms with Gasteiger partial charge in [-0.25, -0.2) is 4.98 Å². The van der Waals surface area contributed by atoms with Crippen LogP contribution in [0.2, 0.25) is 5.02 Å². The molecular formula is C17H16ClN3O2S. The zero-order chi connectivity index (χ0) is 17.4. The van der Waals surface area contributed by atoms with E-state index in [1.807, 2.05) is 13.8 Å². The molecule has 1 atom stereocenters. The number of halogens is 1. The van der Waals surface area contributed by atoms with E-state index in [-0.39, 0.29) is 11.5 Å². The quantitative estimate of drug-likeness (QED) is 0.768. The summed E-state index contributed by atoms with van der Waals surface area (Å²) in [5.41, 5.74) is 1.23. The average Bonchev–Trinajstić information content (AvgIpc) is 2.84. The van der Waals surface area contributed by atoms with Crippen molar-refractivity contribution in [2.24, 2.45) is 0 Å². The minimum Gasteiger partial charge on any atom is -0.323 e. The molecule has 124 valence electrons. The highest BCUT2D eigenvalue weighted by Crippen LogP contribution is 2.26. The first-order valence-electron chi connectivity index (χ1n) is 7.42. The molecule has 1 aromatic carbocycles. The van der Waals surface area contributed by atoms with Crippen molar-refractivity contribution in [2.75, 3.05) is 5.32 Å². The Morgan fingerprint density at radius 1 is 1.33 bits per heavy atom. The van der Waals surface area contributed by atoms with E-state index >= 15 is 0 Å². The Morgan fingerprint density at radius 3 is 2.75 bits per heavy atom. The predicted molar refractivity (Wildman–Crippen MR) is 98.1 cm³/mol. The highest BCUT2D eigenvalue weighted by Gasteiger charge is 2.20. The fourth-order valence-corrected chi connectivity index (χ4v) is 3.62. The van der Waals surface area contributed by atoms with Crippen LogP contribution in [0, 0.1) is 13.8 Å². The lowest BCUT2D eigenvalue weighted by Gasteiger charge is -2.15. The Hall–Kier alpha value is -2.18. The van der Waals surface area contributed by atoms with Crippen LogP contribution in [0.3, 0.4) is 0 Å². The number of nitrogens with one attached hydrogen (secondary N) is 1. The van der Waals surface area contributed by atoms with Gasteiger partial charge in [-0.2, -0.15) is 0 Å². The summed E-state index contributed by atoms with van der Waals surface area (Å²) in [7, 11) is 0. The lowest BCUT2D eigenvalue weighted by Crippen LogP contribution is -2.31. The van der Waals surface area contributed by atoms with Crippen molar-refractivity contribution in [1.29, 1.82) is 0 Å². The molecule has 1 N–H and O–H groups in total. The number of rotatable bonds is 3. The number of hydrogen-bond donors (Lipinski definition) is 1. The SMILES string of the molecule is Cc1sc2ncn([C@H](C)C(=O)Nc3ccccc3Cl)c(=O)c2c1C. The van der Waals surface area contributed by atoms with Gasteiger partial charge in [-0.05, 0) is 38.5 Å². The van der Waals surface area contributed by atoms with Gasteiger partial charge in [-0.3, -0.25) is 14.2 Å². The maximum atomic E-state index is 12.8. The third-order valence-corrected chi connectivity index (χ3v) is 5.49. The van der Waals surface area contributed by atoms with Crippen LogP contribution in [0.4, 0.5) is 5.69 Å². The summed E-state index contributed by atoms with van der Waals surface area (Å²) in [4.78, 5) is 31.3. The van der Waals surface area contributed by atoms with Crippen molar-refractivity contribution in [3.8, 4) is 0 Å². The van der Waals surface area contributed by atoms with Crippen LogP contribution in [0.25, 0.3) is 10.2 Å². The number of carbonyl (C=O) groups excluding carboxylic acids is 1. The van der Waals surface area contributed by atoms with Gasteiger partial charge in [-0.15, -0.1) is 11.3 Å². The van der Waals surface area contributed by atoms with E-state index in [1.54, 1.807) is 31.2 Å². The molecule has 0 bridgehead atoms. The summed E-state index contributed by atoms with van der Waals surface area (Å²) >= 11 is 7.54. The number of amides is 1. The van der Waals surface area contributed by atoms with Crippen molar-refractivity contribution in [3.05, 3.63) is 56.4 Å². The van der Waals surface area contributed by atoms with Gasteiger partial charge in [0.05, 0.1) is 22.4 Å². The Bertz CT molecular complexity index is 993. The highest BCUT2D eigenvalue weighted by molar-refractivity contribution is 7.18. The maximum Gasteiger partial charge on any atom is 0.263 e. The van der Waals surface area contributed by atoms with Gasteiger partial charge in [0.2, 0.25) is 5.91 Å². The second kappa shape index (κ2) is 6.37. The number of carbonyl (C=O) groups is 1. The monoisotopic (exact) mass is 361 g/mol. The fraction of sp³-hybridized carbons (Fsp3) is 0.235. The Morgan fingerprint density at radius 2 is 2.04 bits per heavy atom. The number of thiophene rings is 1. The Labute approximate surface area is 147 Å². The van der Waals surface area contributed by atoms with E-state index in [9.17, 15) is 9.59 Å². The van der Waals surface area contributed by atoms with Crippen LogP contribution in [-0.4, -0.2) is 15.5 Å². The van der Waals surface area contributed by atoms with Gasteiger partial charge in [0, 0.05) is 4.88 Å². The number of fused-ring (bicyclic) bond motifs is 1. The highest BCUT2D eigenvalue weighted by atomic mass is 35.5. The van der Waals surface area contributed by atoms with E-state index in [4.69, 9.17) is 11.6 Å². The molecule has 0 saturated carbocycles. The third kappa shape index (κ3) is 2.83. The second-order valence-electron chi connectivity index (χ2n) is 5.57. The van der Waals surface area contributed by atoms with E-state index in [2.05, 4.69) is 10.3 Å². The molecule has 5 nitrogen and oxygen atoms in total. The minimum atomic E-state index is -0.703. The van der Waals surface area contributed by atoms with Gasteiger partial charge in [0.25, 0.3) is 5.56 Å². The number of benzene rings is 1. The van der Waals surface area contributed by atoms with E-state index in [0.717, 1.165) is 10.4 Å². The smallest absolute Gasteiger partial charge is 0.263 e. The molecule has 0 aliphatic heterocycles. The zero-order valence-electron chi connectivity index (χ0n) is 13.5. The molecule has 24 heavy (non-hydrogen) atoms. The standard InChI is InChI=1S/C17H16ClN3O2S/c1-9-11(3)24-16-14(9)17(23)21(8-19-16)10(2)15(22)20-13-7-5-4-6-12(13)18/h4-8,10H,1-3H3,(H,20,22)/t10-/m1/s1. The van der Waals surface area contributed by atoms with Gasteiger partial charge in [-0.1, -0.05) is 23.7 Å². The summed E-state index contributed by atoms with van der Waals surface area (Å²) in [6.07, 6.45) is 1.43. The minimum absolute atomic E-state index is 0.205. The molecule has 2 aromatic heterocycles. The molecule has 7 heteroatoms. The molecule has 3 aromatic rings. The van der Waals surface area contributed by atoms with Gasteiger partial charge < -0.3 is 5.32 Å². The summed E-state index contributed by atoms with van der Waals surface area (Å²) < 4.78 is 1.35. The van der Waals surface area contributed by atoms with Crippen molar-refractivity contribution < 1.29 is 4.79 Å². The molecule has 0 unspecified atom stereocenters. The topological polar surface area (TPSA) is 64.0 Å². The zero-order valence-corrected chi connectivity index (χ0v) is 15.0. The molecule has 3 rings (SSSR count). The van der Waals surface area contributed by atoms with Crippen LogP contribution in [0.15, 0.2) is 35.4 Å². The molecule has 0 aliphatic carbocycles. The molecule has 0 radical (unpaired) electrons. The number of para-hydroxylation sites is 1. The van der Waals surface area contributed by atoms with Gasteiger partial charge in [0.15, 0.2) is 0 Å².